The first-order valence-electron chi connectivity index (χ1n) is 26.9. The maximum atomic E-state index is 2.51. The fourth-order valence-electron chi connectivity index (χ4n) is 12.3. The Labute approximate surface area is 445 Å². The van der Waals surface area contributed by atoms with Crippen LogP contribution in [0.15, 0.2) is 249 Å². The molecule has 1 nitrogen and oxygen atoms in total. The highest BCUT2D eigenvalue weighted by molar-refractivity contribution is 5.92. The number of para-hydroxylation sites is 1. The molecule has 0 bridgehead atoms. The quantitative estimate of drug-likeness (QED) is 0.139. The Kier molecular flexibility index (Phi) is 12.0. The molecule has 10 aromatic rings. The van der Waals surface area contributed by atoms with E-state index in [9.17, 15) is 0 Å². The molecule has 366 valence electrons. The first-order valence-corrected chi connectivity index (χ1v) is 26.9. The van der Waals surface area contributed by atoms with Crippen LogP contribution in [0.4, 0.5) is 17.1 Å². The lowest BCUT2D eigenvalue weighted by Crippen LogP contribution is -2.28. The SMILES string of the molecule is CC1C=Cc2cccc(-c3ccccc3N(c3ccc(-c4ccccc4)cc3)c3ccc(-c4ccc5c(c4)C(c4ccccc4)(c4ccccc4)c4ccccc4-5)cc3)c2C1c1cc(C(C)(C)C)cc(C(C)(C)C)c1. The largest absolute Gasteiger partial charge is 0.310 e. The molecular weight excluding hydrogens is 903 g/mol. The van der Waals surface area contributed by atoms with Crippen LogP contribution < -0.4 is 4.90 Å². The van der Waals surface area contributed by atoms with E-state index >= 15 is 0 Å². The summed E-state index contributed by atoms with van der Waals surface area (Å²) in [5.74, 6) is 0.458. The summed E-state index contributed by atoms with van der Waals surface area (Å²) < 4.78 is 0. The number of benzene rings is 10. The zero-order chi connectivity index (χ0) is 51.5. The molecule has 10 aromatic carbocycles. The first kappa shape index (κ1) is 47.7. The third-order valence-corrected chi connectivity index (χ3v) is 16.2. The summed E-state index contributed by atoms with van der Waals surface area (Å²) in [5.41, 5.74) is 24.7. The van der Waals surface area contributed by atoms with E-state index in [2.05, 4.69) is 308 Å². The van der Waals surface area contributed by atoms with Gasteiger partial charge in [-0.1, -0.05) is 267 Å². The molecular formula is C74H65N. The van der Waals surface area contributed by atoms with Crippen molar-refractivity contribution in [1.82, 2.24) is 0 Å². The van der Waals surface area contributed by atoms with Crippen molar-refractivity contribution in [2.45, 2.75) is 70.6 Å². The minimum absolute atomic E-state index is 0.00607. The van der Waals surface area contributed by atoms with Crippen LogP contribution >= 0.6 is 0 Å². The predicted octanol–water partition coefficient (Wildman–Crippen LogP) is 19.9. The van der Waals surface area contributed by atoms with Gasteiger partial charge < -0.3 is 4.90 Å². The Morgan fingerprint density at radius 1 is 0.387 bits per heavy atom. The van der Waals surface area contributed by atoms with Crippen molar-refractivity contribution >= 4 is 23.1 Å². The molecule has 2 unspecified atom stereocenters. The van der Waals surface area contributed by atoms with Crippen molar-refractivity contribution < 1.29 is 0 Å². The van der Waals surface area contributed by atoms with Crippen LogP contribution in [0.5, 0.6) is 0 Å². The van der Waals surface area contributed by atoms with E-state index in [-0.39, 0.29) is 16.7 Å². The molecule has 0 spiro atoms. The molecule has 0 heterocycles. The van der Waals surface area contributed by atoms with E-state index < -0.39 is 5.41 Å². The van der Waals surface area contributed by atoms with Gasteiger partial charge in [-0.25, -0.2) is 0 Å². The van der Waals surface area contributed by atoms with Crippen LogP contribution in [-0.2, 0) is 16.2 Å². The van der Waals surface area contributed by atoms with Crippen LogP contribution in [0.1, 0.15) is 104 Å². The van der Waals surface area contributed by atoms with Crippen LogP contribution in [0.3, 0.4) is 0 Å². The zero-order valence-corrected chi connectivity index (χ0v) is 44.4. The second-order valence-electron chi connectivity index (χ2n) is 22.9. The Morgan fingerprint density at radius 3 is 1.47 bits per heavy atom. The van der Waals surface area contributed by atoms with Crippen LogP contribution in [-0.4, -0.2) is 0 Å². The summed E-state index contributed by atoms with van der Waals surface area (Å²) >= 11 is 0. The van der Waals surface area contributed by atoms with Gasteiger partial charge in [0.15, 0.2) is 0 Å². The van der Waals surface area contributed by atoms with Gasteiger partial charge in [0.2, 0.25) is 0 Å². The van der Waals surface area contributed by atoms with Gasteiger partial charge in [-0.15, -0.1) is 0 Å². The standard InChI is InChI=1S/C74H65N/c1-50-34-35-54-24-21-31-66(71(54)70(50)56-46-59(72(2,3)4)49-60(47-56)73(5,6)7)65-30-18-20-33-69(65)75(61-41-36-52(37-42-61)51-22-11-8-12-23-51)62-43-38-53(39-44-62)55-40-45-64-63-29-17-19-32-67(63)74(68(64)48-55,57-25-13-9-14-26-57)58-27-15-10-16-28-58/h8-50,70H,1-7H3. The van der Waals surface area contributed by atoms with E-state index in [0.717, 1.165) is 17.1 Å². The molecule has 0 amide bonds. The lowest BCUT2D eigenvalue weighted by Gasteiger charge is -2.34. The molecule has 0 radical (unpaired) electrons. The first-order chi connectivity index (χ1) is 36.4. The van der Waals surface area contributed by atoms with Crippen LogP contribution in [0.2, 0.25) is 0 Å². The van der Waals surface area contributed by atoms with Gasteiger partial charge in [-0.2, -0.15) is 0 Å². The number of nitrogens with zero attached hydrogens (tertiary/aromatic N) is 1. The number of rotatable bonds is 9. The van der Waals surface area contributed by atoms with Crippen molar-refractivity contribution in [3.8, 4) is 44.5 Å². The van der Waals surface area contributed by atoms with Gasteiger partial charge in [-0.05, 0) is 142 Å². The predicted molar refractivity (Wildman–Crippen MR) is 319 cm³/mol. The van der Waals surface area contributed by atoms with Crippen LogP contribution in [0.25, 0.3) is 50.6 Å². The number of hydrogen-bond acceptors (Lipinski definition) is 1. The molecule has 2 aliphatic rings. The maximum absolute atomic E-state index is 2.51. The summed E-state index contributed by atoms with van der Waals surface area (Å²) in [6, 6.07) is 90.9. The highest BCUT2D eigenvalue weighted by Crippen LogP contribution is 2.57. The molecule has 0 saturated carbocycles. The minimum Gasteiger partial charge on any atom is -0.310 e. The van der Waals surface area contributed by atoms with Gasteiger partial charge in [0, 0.05) is 22.9 Å². The summed E-state index contributed by atoms with van der Waals surface area (Å²) in [7, 11) is 0. The van der Waals surface area contributed by atoms with Crippen LogP contribution in [0, 0.1) is 5.92 Å². The molecule has 75 heavy (non-hydrogen) atoms. The van der Waals surface area contributed by atoms with Crippen molar-refractivity contribution in [3.05, 3.63) is 299 Å². The molecule has 12 rings (SSSR count). The smallest absolute Gasteiger partial charge is 0.0713 e. The number of anilines is 3. The van der Waals surface area contributed by atoms with Gasteiger partial charge in [0.05, 0.1) is 11.1 Å². The lowest BCUT2D eigenvalue weighted by molar-refractivity contribution is 0.559. The normalized spacial score (nSPS) is 15.5. The molecule has 0 saturated heterocycles. The fourth-order valence-corrected chi connectivity index (χ4v) is 12.3. The second-order valence-corrected chi connectivity index (χ2v) is 22.9. The summed E-state index contributed by atoms with van der Waals surface area (Å²) in [6.45, 7) is 16.5. The average molecular weight is 968 g/mol. The average Bonchev–Trinajstić information content (AvgIpc) is 3.76. The van der Waals surface area contributed by atoms with Crippen molar-refractivity contribution in [1.29, 1.82) is 0 Å². The van der Waals surface area contributed by atoms with Crippen molar-refractivity contribution in [2.75, 3.05) is 4.90 Å². The number of fused-ring (bicyclic) bond motifs is 4. The highest BCUT2D eigenvalue weighted by Gasteiger charge is 2.46. The number of hydrogen-bond donors (Lipinski definition) is 0. The minimum atomic E-state index is -0.468. The summed E-state index contributed by atoms with van der Waals surface area (Å²) in [4.78, 5) is 2.47. The fraction of sp³-hybridized carbons (Fsp3) is 0.162. The van der Waals surface area contributed by atoms with Crippen molar-refractivity contribution in [3.63, 3.8) is 0 Å². The molecule has 1 heteroatoms. The summed E-state index contributed by atoms with van der Waals surface area (Å²) in [6.07, 6.45) is 4.79. The molecule has 2 atom stereocenters. The molecule has 0 aromatic heterocycles. The molecule has 2 aliphatic carbocycles. The maximum Gasteiger partial charge on any atom is 0.0713 e. The van der Waals surface area contributed by atoms with E-state index in [1.54, 1.807) is 0 Å². The van der Waals surface area contributed by atoms with E-state index in [4.69, 9.17) is 0 Å². The Bertz CT molecular complexity index is 3650. The van der Waals surface area contributed by atoms with Gasteiger partial charge in [-0.3, -0.25) is 0 Å². The second kappa shape index (κ2) is 18.9. The highest BCUT2D eigenvalue weighted by atomic mass is 15.1. The lowest BCUT2D eigenvalue weighted by atomic mass is 9.67. The van der Waals surface area contributed by atoms with E-state index in [1.165, 1.54) is 94.6 Å². The van der Waals surface area contributed by atoms with Gasteiger partial charge >= 0.3 is 0 Å². The van der Waals surface area contributed by atoms with Gasteiger partial charge in [0.25, 0.3) is 0 Å². The Balaban J connectivity index is 1.01. The number of allylic oxidation sites excluding steroid dienone is 1. The third-order valence-electron chi connectivity index (χ3n) is 16.2. The topological polar surface area (TPSA) is 3.24 Å². The van der Waals surface area contributed by atoms with Crippen molar-refractivity contribution in [2.24, 2.45) is 5.92 Å². The Morgan fingerprint density at radius 2 is 0.867 bits per heavy atom. The monoisotopic (exact) mass is 968 g/mol. The van der Waals surface area contributed by atoms with E-state index in [0.29, 0.717) is 5.92 Å². The van der Waals surface area contributed by atoms with E-state index in [1.807, 2.05) is 0 Å². The molecule has 0 aliphatic heterocycles. The third kappa shape index (κ3) is 8.45. The van der Waals surface area contributed by atoms with Gasteiger partial charge in [0.1, 0.15) is 0 Å². The Hall–Kier alpha value is -8.26. The molecule has 0 fully saturated rings. The summed E-state index contributed by atoms with van der Waals surface area (Å²) in [5, 5.41) is 0. The molecule has 0 N–H and O–H groups in total. The zero-order valence-electron chi connectivity index (χ0n) is 44.4.